The quantitative estimate of drug-likeness (QED) is 0.245. The van der Waals surface area contributed by atoms with E-state index in [4.69, 9.17) is 4.74 Å². The van der Waals surface area contributed by atoms with Gasteiger partial charge in [-0.05, 0) is 92.3 Å². The first-order valence-electron chi connectivity index (χ1n) is 13.3. The Balaban J connectivity index is 1.56. The molecule has 2 aliphatic heterocycles. The van der Waals surface area contributed by atoms with Crippen molar-refractivity contribution < 1.29 is 19.4 Å². The van der Waals surface area contributed by atoms with Crippen molar-refractivity contribution in [1.82, 2.24) is 4.98 Å². The van der Waals surface area contributed by atoms with Crippen LogP contribution in [-0.4, -0.2) is 41.5 Å². The summed E-state index contributed by atoms with van der Waals surface area (Å²) in [6, 6.07) is 15.8. The lowest BCUT2D eigenvalue weighted by Crippen LogP contribution is -2.30. The topological polar surface area (TPSA) is 83.0 Å². The third-order valence-corrected chi connectivity index (χ3v) is 7.20. The van der Waals surface area contributed by atoms with Gasteiger partial charge in [0.15, 0.2) is 0 Å². The van der Waals surface area contributed by atoms with Crippen LogP contribution in [0.15, 0.2) is 72.6 Å². The Morgan fingerprint density at radius 2 is 1.76 bits per heavy atom. The van der Waals surface area contributed by atoms with Gasteiger partial charge in [0, 0.05) is 42.4 Å². The van der Waals surface area contributed by atoms with Crippen molar-refractivity contribution in [2.75, 3.05) is 29.5 Å². The highest BCUT2D eigenvalue weighted by atomic mass is 16.5. The first-order valence-corrected chi connectivity index (χ1v) is 13.3. The van der Waals surface area contributed by atoms with E-state index in [2.05, 4.69) is 9.88 Å². The van der Waals surface area contributed by atoms with Crippen LogP contribution in [0.3, 0.4) is 0 Å². The van der Waals surface area contributed by atoms with Crippen molar-refractivity contribution in [3.63, 3.8) is 0 Å². The van der Waals surface area contributed by atoms with Gasteiger partial charge in [-0.15, -0.1) is 0 Å². The first-order chi connectivity index (χ1) is 18.5. The van der Waals surface area contributed by atoms with E-state index in [1.807, 2.05) is 44.2 Å². The number of hydrogen-bond acceptors (Lipinski definition) is 6. The summed E-state index contributed by atoms with van der Waals surface area (Å²) in [6.45, 7) is 6.55. The van der Waals surface area contributed by atoms with Crippen LogP contribution < -0.4 is 14.5 Å². The molecule has 7 nitrogen and oxygen atoms in total. The number of amides is 1. The number of nitrogens with zero attached hydrogens (tertiary/aromatic N) is 3. The summed E-state index contributed by atoms with van der Waals surface area (Å²) in [5, 5.41) is 11.4. The molecule has 0 spiro atoms. The van der Waals surface area contributed by atoms with Crippen LogP contribution in [0.2, 0.25) is 0 Å². The standard InChI is InChI=1S/C31H33N3O4/c1-3-18-38-26-14-9-22(19-21(26)2)29(35)27-28(23-8-7-15-32-20-23)34(31(37)30(27)36)25-12-10-24(11-13-25)33-16-5-4-6-17-33/h7-15,19-20,28,35H,3-6,16-18H2,1-2H3/b29-27-. The van der Waals surface area contributed by atoms with Crippen molar-refractivity contribution in [2.45, 2.75) is 45.6 Å². The molecule has 3 heterocycles. The second-order valence-corrected chi connectivity index (χ2v) is 9.85. The highest BCUT2D eigenvalue weighted by molar-refractivity contribution is 6.51. The van der Waals surface area contributed by atoms with Crippen LogP contribution in [0.4, 0.5) is 11.4 Å². The van der Waals surface area contributed by atoms with Crippen LogP contribution >= 0.6 is 0 Å². The number of aliphatic hydroxyl groups is 1. The lowest BCUT2D eigenvalue weighted by molar-refractivity contribution is -0.132. The molecule has 196 valence electrons. The molecule has 2 aliphatic rings. The molecule has 5 rings (SSSR count). The van der Waals surface area contributed by atoms with Gasteiger partial charge in [-0.25, -0.2) is 0 Å². The molecule has 7 heteroatoms. The van der Waals surface area contributed by atoms with Crippen molar-refractivity contribution in [3.05, 3.63) is 89.3 Å². The number of aromatic nitrogens is 1. The molecule has 2 fully saturated rings. The normalized spacial score (nSPS) is 19.2. The summed E-state index contributed by atoms with van der Waals surface area (Å²) in [4.78, 5) is 34.9. The number of aliphatic hydroxyl groups excluding tert-OH is 1. The highest BCUT2D eigenvalue weighted by Crippen LogP contribution is 2.42. The fraction of sp³-hybridized carbons (Fsp3) is 0.323. The van der Waals surface area contributed by atoms with E-state index in [1.54, 1.807) is 36.7 Å². The Kier molecular flexibility index (Phi) is 7.45. The Hall–Kier alpha value is -4.13. The molecule has 2 saturated heterocycles. The Bertz CT molecular complexity index is 1350. The second kappa shape index (κ2) is 11.1. The number of hydrogen-bond donors (Lipinski definition) is 1. The Morgan fingerprint density at radius 1 is 1.03 bits per heavy atom. The molecule has 1 aromatic heterocycles. The summed E-state index contributed by atoms with van der Waals surface area (Å²) in [5.74, 6) is -0.887. The number of Topliss-reactive ketones (excluding diaryl/α,β-unsaturated/α-hetero) is 1. The molecular formula is C31H33N3O4. The van der Waals surface area contributed by atoms with Crippen molar-refractivity contribution in [2.24, 2.45) is 0 Å². The largest absolute Gasteiger partial charge is 0.507 e. The molecule has 2 aromatic carbocycles. The van der Waals surface area contributed by atoms with E-state index in [9.17, 15) is 14.7 Å². The molecule has 1 atom stereocenters. The molecule has 3 aromatic rings. The van der Waals surface area contributed by atoms with Gasteiger partial charge < -0.3 is 14.7 Å². The minimum Gasteiger partial charge on any atom is -0.507 e. The Labute approximate surface area is 223 Å². The monoisotopic (exact) mass is 511 g/mol. The fourth-order valence-corrected chi connectivity index (χ4v) is 5.25. The average molecular weight is 512 g/mol. The predicted octanol–water partition coefficient (Wildman–Crippen LogP) is 5.80. The molecule has 0 bridgehead atoms. The smallest absolute Gasteiger partial charge is 0.300 e. The minimum atomic E-state index is -0.805. The maximum absolute atomic E-state index is 13.4. The molecule has 1 amide bonds. The number of ketones is 1. The molecular weight excluding hydrogens is 478 g/mol. The summed E-state index contributed by atoms with van der Waals surface area (Å²) in [6.07, 6.45) is 7.74. The molecule has 1 N–H and O–H groups in total. The van der Waals surface area contributed by atoms with Crippen molar-refractivity contribution in [1.29, 1.82) is 0 Å². The predicted molar refractivity (Wildman–Crippen MR) is 148 cm³/mol. The third kappa shape index (κ3) is 4.88. The number of aryl methyl sites for hydroxylation is 1. The van der Waals surface area contributed by atoms with E-state index in [0.717, 1.165) is 36.5 Å². The summed E-state index contributed by atoms with van der Waals surface area (Å²) >= 11 is 0. The molecule has 1 unspecified atom stereocenters. The van der Waals surface area contributed by atoms with Crippen LogP contribution in [0.25, 0.3) is 5.76 Å². The van der Waals surface area contributed by atoms with Gasteiger partial charge >= 0.3 is 0 Å². The number of ether oxygens (including phenoxy) is 1. The third-order valence-electron chi connectivity index (χ3n) is 7.20. The number of benzene rings is 2. The number of anilines is 2. The molecule has 0 saturated carbocycles. The van der Waals surface area contributed by atoms with Crippen molar-refractivity contribution in [3.8, 4) is 5.75 Å². The van der Waals surface area contributed by atoms with Gasteiger partial charge in [0.05, 0.1) is 18.2 Å². The zero-order valence-corrected chi connectivity index (χ0v) is 21.9. The summed E-state index contributed by atoms with van der Waals surface area (Å²) < 4.78 is 5.76. The maximum Gasteiger partial charge on any atom is 0.300 e. The van der Waals surface area contributed by atoms with Crippen molar-refractivity contribution >= 4 is 28.8 Å². The lowest BCUT2D eigenvalue weighted by atomic mass is 9.95. The van der Waals surface area contributed by atoms with Gasteiger partial charge in [-0.3, -0.25) is 19.5 Å². The van der Waals surface area contributed by atoms with E-state index in [0.29, 0.717) is 23.4 Å². The molecule has 0 aliphatic carbocycles. The van der Waals surface area contributed by atoms with Gasteiger partial charge in [0.1, 0.15) is 11.5 Å². The van der Waals surface area contributed by atoms with E-state index < -0.39 is 17.7 Å². The van der Waals surface area contributed by atoms with Crippen LogP contribution in [0, 0.1) is 6.92 Å². The maximum atomic E-state index is 13.4. The molecule has 38 heavy (non-hydrogen) atoms. The minimum absolute atomic E-state index is 0.0460. The zero-order valence-electron chi connectivity index (χ0n) is 21.9. The van der Waals surface area contributed by atoms with Gasteiger partial charge in [-0.2, -0.15) is 0 Å². The summed E-state index contributed by atoms with van der Waals surface area (Å²) in [5.41, 5.74) is 3.68. The summed E-state index contributed by atoms with van der Waals surface area (Å²) in [7, 11) is 0. The first kappa shape index (κ1) is 25.5. The Morgan fingerprint density at radius 3 is 2.42 bits per heavy atom. The number of rotatable bonds is 7. The highest BCUT2D eigenvalue weighted by Gasteiger charge is 2.47. The number of carbonyl (C=O) groups is 2. The van der Waals surface area contributed by atoms with Gasteiger partial charge in [0.25, 0.3) is 11.7 Å². The lowest BCUT2D eigenvalue weighted by Gasteiger charge is -2.30. The van der Waals surface area contributed by atoms with Crippen LogP contribution in [0.1, 0.15) is 55.3 Å². The number of piperidine rings is 1. The number of pyridine rings is 1. The SMILES string of the molecule is CCCOc1ccc(/C(O)=C2/C(=O)C(=O)N(c3ccc(N4CCCCC4)cc3)C2c2cccnc2)cc1C. The van der Waals surface area contributed by atoms with Crippen LogP contribution in [-0.2, 0) is 9.59 Å². The molecule has 0 radical (unpaired) electrons. The second-order valence-electron chi connectivity index (χ2n) is 9.85. The van der Waals surface area contributed by atoms with E-state index in [1.165, 1.54) is 24.2 Å². The fourth-order valence-electron chi connectivity index (χ4n) is 5.25. The van der Waals surface area contributed by atoms with E-state index >= 15 is 0 Å². The van der Waals surface area contributed by atoms with Gasteiger partial charge in [0.2, 0.25) is 0 Å². The van der Waals surface area contributed by atoms with E-state index in [-0.39, 0.29) is 11.3 Å². The average Bonchev–Trinajstić information content (AvgIpc) is 3.23. The number of carbonyl (C=O) groups excluding carboxylic acids is 2. The van der Waals surface area contributed by atoms with Gasteiger partial charge in [-0.1, -0.05) is 13.0 Å². The van der Waals surface area contributed by atoms with Crippen LogP contribution in [0.5, 0.6) is 5.75 Å². The zero-order chi connectivity index (χ0) is 26.6.